The van der Waals surface area contributed by atoms with Crippen molar-refractivity contribution >= 4 is 17.5 Å². The zero-order valence-electron chi connectivity index (χ0n) is 12.1. The minimum Gasteiger partial charge on any atom is -0.497 e. The van der Waals surface area contributed by atoms with Gasteiger partial charge < -0.3 is 15.4 Å². The predicted molar refractivity (Wildman–Crippen MR) is 78.8 cm³/mol. The maximum Gasteiger partial charge on any atom is 0.233 e. The molecule has 0 saturated carbocycles. The molecule has 0 aliphatic carbocycles. The van der Waals surface area contributed by atoms with Crippen molar-refractivity contribution in [2.45, 2.75) is 32.6 Å². The van der Waals surface area contributed by atoms with Crippen LogP contribution in [0.3, 0.4) is 0 Å². The summed E-state index contributed by atoms with van der Waals surface area (Å²) in [4.78, 5) is 23.2. The lowest BCUT2D eigenvalue weighted by Crippen LogP contribution is -2.28. The number of nitrogens with one attached hydrogen (secondary N) is 2. The van der Waals surface area contributed by atoms with Crippen LogP contribution in [-0.4, -0.2) is 25.5 Å². The Balaban J connectivity index is 2.29. The Hall–Kier alpha value is -2.04. The molecule has 0 aliphatic rings. The van der Waals surface area contributed by atoms with E-state index >= 15 is 0 Å². The van der Waals surface area contributed by atoms with Crippen molar-refractivity contribution in [3.8, 4) is 5.75 Å². The zero-order valence-corrected chi connectivity index (χ0v) is 12.1. The summed E-state index contributed by atoms with van der Waals surface area (Å²) in [6, 6.07) is 6.96. The topological polar surface area (TPSA) is 67.4 Å². The number of carbonyl (C=O) groups excluding carboxylic acids is 2. The summed E-state index contributed by atoms with van der Waals surface area (Å²) in [5.74, 6) is 0.159. The number of benzene rings is 1. The number of hydrogen-bond acceptors (Lipinski definition) is 3. The molecule has 5 nitrogen and oxygen atoms in total. The lowest BCUT2D eigenvalue weighted by molar-refractivity contribution is -0.126. The van der Waals surface area contributed by atoms with Crippen LogP contribution < -0.4 is 15.4 Å². The Morgan fingerprint density at radius 3 is 2.40 bits per heavy atom. The van der Waals surface area contributed by atoms with E-state index in [1.165, 1.54) is 0 Å². The zero-order chi connectivity index (χ0) is 14.8. The second kappa shape index (κ2) is 8.96. The third-order valence-corrected chi connectivity index (χ3v) is 2.80. The molecule has 1 aromatic carbocycles. The first-order chi connectivity index (χ1) is 9.65. The number of methoxy groups -OCH3 is 1. The van der Waals surface area contributed by atoms with Crippen LogP contribution in [0.25, 0.3) is 0 Å². The smallest absolute Gasteiger partial charge is 0.233 e. The minimum absolute atomic E-state index is 0.155. The molecular weight excluding hydrogens is 256 g/mol. The largest absolute Gasteiger partial charge is 0.497 e. The maximum absolute atomic E-state index is 11.7. The van der Waals surface area contributed by atoms with Crippen molar-refractivity contribution in [2.75, 3.05) is 19.0 Å². The van der Waals surface area contributed by atoms with Crippen LogP contribution in [0.15, 0.2) is 24.3 Å². The number of rotatable bonds is 8. The van der Waals surface area contributed by atoms with E-state index in [-0.39, 0.29) is 18.2 Å². The molecule has 110 valence electrons. The molecule has 2 N–H and O–H groups in total. The molecule has 0 atom stereocenters. The average molecular weight is 278 g/mol. The lowest BCUT2D eigenvalue weighted by atomic mass is 10.2. The van der Waals surface area contributed by atoms with E-state index in [2.05, 4.69) is 17.6 Å². The van der Waals surface area contributed by atoms with E-state index in [1.807, 2.05) is 0 Å². The second-order valence-corrected chi connectivity index (χ2v) is 4.51. The second-order valence-electron chi connectivity index (χ2n) is 4.51. The monoisotopic (exact) mass is 278 g/mol. The Morgan fingerprint density at radius 2 is 1.80 bits per heavy atom. The SMILES string of the molecule is CCCCCNC(=O)CC(=O)Nc1ccc(OC)cc1. The molecule has 0 aromatic heterocycles. The maximum atomic E-state index is 11.7. The Bertz CT molecular complexity index is 429. The van der Waals surface area contributed by atoms with Crippen molar-refractivity contribution in [3.63, 3.8) is 0 Å². The lowest BCUT2D eigenvalue weighted by Gasteiger charge is -2.07. The molecule has 20 heavy (non-hydrogen) atoms. The number of anilines is 1. The first-order valence-corrected chi connectivity index (χ1v) is 6.86. The fraction of sp³-hybridized carbons (Fsp3) is 0.467. The van der Waals surface area contributed by atoms with Crippen molar-refractivity contribution in [2.24, 2.45) is 0 Å². The van der Waals surface area contributed by atoms with Gasteiger partial charge in [0.05, 0.1) is 7.11 Å². The minimum atomic E-state index is -0.317. The van der Waals surface area contributed by atoms with E-state index in [0.29, 0.717) is 12.2 Å². The van der Waals surface area contributed by atoms with Gasteiger partial charge in [0.2, 0.25) is 11.8 Å². The van der Waals surface area contributed by atoms with Crippen molar-refractivity contribution in [3.05, 3.63) is 24.3 Å². The average Bonchev–Trinajstić information content (AvgIpc) is 2.44. The highest BCUT2D eigenvalue weighted by Crippen LogP contribution is 2.14. The summed E-state index contributed by atoms with van der Waals surface area (Å²) >= 11 is 0. The van der Waals surface area contributed by atoms with Crippen molar-refractivity contribution in [1.82, 2.24) is 5.32 Å². The fourth-order valence-corrected chi connectivity index (χ4v) is 1.69. The van der Waals surface area contributed by atoms with Crippen LogP contribution in [0.5, 0.6) is 5.75 Å². The van der Waals surface area contributed by atoms with Crippen LogP contribution >= 0.6 is 0 Å². The molecule has 0 spiro atoms. The van der Waals surface area contributed by atoms with Gasteiger partial charge in [0, 0.05) is 12.2 Å². The van der Waals surface area contributed by atoms with Crippen LogP contribution in [0.2, 0.25) is 0 Å². The number of ether oxygens (including phenoxy) is 1. The molecule has 1 aromatic rings. The summed E-state index contributed by atoms with van der Waals surface area (Å²) in [7, 11) is 1.58. The van der Waals surface area contributed by atoms with Gasteiger partial charge in [-0.15, -0.1) is 0 Å². The first-order valence-electron chi connectivity index (χ1n) is 6.86. The van der Waals surface area contributed by atoms with Gasteiger partial charge in [0.25, 0.3) is 0 Å². The van der Waals surface area contributed by atoms with E-state index in [1.54, 1.807) is 31.4 Å². The first kappa shape index (κ1) is 16.0. The summed E-state index contributed by atoms with van der Waals surface area (Å²) in [6.45, 7) is 2.73. The molecule has 0 saturated heterocycles. The van der Waals surface area contributed by atoms with Gasteiger partial charge in [-0.1, -0.05) is 19.8 Å². The Labute approximate surface area is 119 Å². The van der Waals surface area contributed by atoms with Gasteiger partial charge in [0.1, 0.15) is 12.2 Å². The fourth-order valence-electron chi connectivity index (χ4n) is 1.69. The summed E-state index contributed by atoms with van der Waals surface area (Å²) in [5.41, 5.74) is 0.648. The van der Waals surface area contributed by atoms with E-state index in [4.69, 9.17) is 4.74 Å². The van der Waals surface area contributed by atoms with Gasteiger partial charge in [-0.05, 0) is 30.7 Å². The van der Waals surface area contributed by atoms with Crippen LogP contribution in [0.4, 0.5) is 5.69 Å². The number of hydrogen-bond donors (Lipinski definition) is 2. The number of unbranched alkanes of at least 4 members (excludes halogenated alkanes) is 2. The van der Waals surface area contributed by atoms with Crippen molar-refractivity contribution in [1.29, 1.82) is 0 Å². The molecule has 0 fully saturated rings. The number of amides is 2. The molecule has 0 unspecified atom stereocenters. The van der Waals surface area contributed by atoms with Gasteiger partial charge in [0.15, 0.2) is 0 Å². The van der Waals surface area contributed by atoms with E-state index in [9.17, 15) is 9.59 Å². The van der Waals surface area contributed by atoms with Crippen molar-refractivity contribution < 1.29 is 14.3 Å². The quantitative estimate of drug-likeness (QED) is 0.566. The summed E-state index contributed by atoms with van der Waals surface area (Å²) in [5, 5.41) is 5.40. The van der Waals surface area contributed by atoms with Gasteiger partial charge in [-0.3, -0.25) is 9.59 Å². The normalized spacial score (nSPS) is 9.90. The molecule has 2 amide bonds. The van der Waals surface area contributed by atoms with Gasteiger partial charge in [-0.2, -0.15) is 0 Å². The molecule has 0 radical (unpaired) electrons. The van der Waals surface area contributed by atoms with Crippen LogP contribution in [0.1, 0.15) is 32.6 Å². The number of carbonyl (C=O) groups is 2. The standard InChI is InChI=1S/C15H22N2O3/c1-3-4-5-10-16-14(18)11-15(19)17-12-6-8-13(20-2)9-7-12/h6-9H,3-5,10-11H2,1-2H3,(H,16,18)(H,17,19). The molecular formula is C15H22N2O3. The highest BCUT2D eigenvalue weighted by atomic mass is 16.5. The molecule has 1 rings (SSSR count). The molecule has 5 heteroatoms. The highest BCUT2D eigenvalue weighted by molar-refractivity contribution is 6.03. The third kappa shape index (κ3) is 6.22. The predicted octanol–water partition coefficient (Wildman–Crippen LogP) is 2.33. The Morgan fingerprint density at radius 1 is 1.10 bits per heavy atom. The molecule has 0 heterocycles. The van der Waals surface area contributed by atoms with Gasteiger partial charge in [-0.25, -0.2) is 0 Å². The van der Waals surface area contributed by atoms with Crippen LogP contribution in [0, 0.1) is 0 Å². The van der Waals surface area contributed by atoms with E-state index < -0.39 is 0 Å². The molecule has 0 aliphatic heterocycles. The Kier molecular flexibility index (Phi) is 7.17. The summed E-state index contributed by atoms with van der Waals surface area (Å²) in [6.07, 6.45) is 2.98. The highest BCUT2D eigenvalue weighted by Gasteiger charge is 2.09. The van der Waals surface area contributed by atoms with E-state index in [0.717, 1.165) is 25.0 Å². The molecule has 0 bridgehead atoms. The van der Waals surface area contributed by atoms with Gasteiger partial charge >= 0.3 is 0 Å². The van der Waals surface area contributed by atoms with Crippen LogP contribution in [-0.2, 0) is 9.59 Å². The summed E-state index contributed by atoms with van der Waals surface area (Å²) < 4.78 is 5.03. The third-order valence-electron chi connectivity index (χ3n) is 2.80.